The molecule has 6 heteroatoms. The van der Waals surface area contributed by atoms with Crippen molar-refractivity contribution in [2.75, 3.05) is 32.7 Å². The number of amides is 3. The summed E-state index contributed by atoms with van der Waals surface area (Å²) in [4.78, 5) is 25.1. The second-order valence-electron chi connectivity index (χ2n) is 4.68. The van der Waals surface area contributed by atoms with Crippen molar-refractivity contribution >= 4 is 11.9 Å². The van der Waals surface area contributed by atoms with Crippen LogP contribution in [0.3, 0.4) is 0 Å². The first kappa shape index (κ1) is 14.9. The van der Waals surface area contributed by atoms with Gasteiger partial charge in [0.15, 0.2) is 0 Å². The summed E-state index contributed by atoms with van der Waals surface area (Å²) < 4.78 is 0. The second-order valence-corrected chi connectivity index (χ2v) is 4.68. The van der Waals surface area contributed by atoms with Crippen LogP contribution in [-0.2, 0) is 4.79 Å². The van der Waals surface area contributed by atoms with Gasteiger partial charge in [0.2, 0.25) is 5.91 Å². The van der Waals surface area contributed by atoms with Gasteiger partial charge in [-0.2, -0.15) is 0 Å². The van der Waals surface area contributed by atoms with Crippen LogP contribution in [0.1, 0.15) is 26.7 Å². The molecule has 0 aliphatic carbocycles. The number of unbranched alkanes of at least 4 members (excludes halogenated alkanes) is 1. The van der Waals surface area contributed by atoms with Crippen molar-refractivity contribution in [3.05, 3.63) is 0 Å². The summed E-state index contributed by atoms with van der Waals surface area (Å²) in [6, 6.07) is -0.0658. The lowest BCUT2D eigenvalue weighted by molar-refractivity contribution is -0.121. The summed E-state index contributed by atoms with van der Waals surface area (Å²) in [6.07, 6.45) is 1.95. The van der Waals surface area contributed by atoms with Crippen LogP contribution < -0.4 is 16.0 Å². The summed E-state index contributed by atoms with van der Waals surface area (Å²) in [5.41, 5.74) is 0. The average Bonchev–Trinajstić information content (AvgIpc) is 2.32. The Labute approximate surface area is 108 Å². The summed E-state index contributed by atoms with van der Waals surface area (Å²) in [7, 11) is 0. The second kappa shape index (κ2) is 8.05. The third-order valence-electron chi connectivity index (χ3n) is 3.05. The number of piperazine rings is 1. The first-order valence-corrected chi connectivity index (χ1v) is 6.66. The van der Waals surface area contributed by atoms with Gasteiger partial charge in [0.25, 0.3) is 0 Å². The topological polar surface area (TPSA) is 73.5 Å². The maximum Gasteiger partial charge on any atom is 0.321 e. The highest BCUT2D eigenvalue weighted by atomic mass is 16.2. The minimum absolute atomic E-state index is 0.238. The fourth-order valence-electron chi connectivity index (χ4n) is 1.89. The molecule has 0 saturated carbocycles. The molecule has 1 heterocycles. The zero-order chi connectivity index (χ0) is 13.4. The Morgan fingerprint density at radius 3 is 2.89 bits per heavy atom. The van der Waals surface area contributed by atoms with E-state index in [-0.39, 0.29) is 12.5 Å². The lowest BCUT2D eigenvalue weighted by Gasteiger charge is -2.33. The van der Waals surface area contributed by atoms with Gasteiger partial charge >= 0.3 is 6.03 Å². The predicted octanol–water partition coefficient (Wildman–Crippen LogP) is -0.0940. The molecule has 104 valence electrons. The van der Waals surface area contributed by atoms with Crippen LogP contribution in [0, 0.1) is 0 Å². The lowest BCUT2D eigenvalue weighted by Crippen LogP contribution is -2.53. The molecule has 0 aromatic carbocycles. The molecule has 1 aliphatic rings. The smallest absolute Gasteiger partial charge is 0.321 e. The van der Waals surface area contributed by atoms with Crippen molar-refractivity contribution in [3.63, 3.8) is 0 Å². The number of imide groups is 1. The molecule has 18 heavy (non-hydrogen) atoms. The molecular formula is C12H24N4O2. The van der Waals surface area contributed by atoms with E-state index in [2.05, 4.69) is 34.7 Å². The molecule has 1 saturated heterocycles. The Hall–Kier alpha value is -1.14. The molecule has 0 aromatic rings. The van der Waals surface area contributed by atoms with Gasteiger partial charge in [-0.05, 0) is 13.3 Å². The zero-order valence-electron chi connectivity index (χ0n) is 11.3. The zero-order valence-corrected chi connectivity index (χ0v) is 11.3. The first-order chi connectivity index (χ1) is 8.63. The molecule has 3 amide bonds. The van der Waals surface area contributed by atoms with Crippen LogP contribution in [0.15, 0.2) is 0 Å². The van der Waals surface area contributed by atoms with Crippen molar-refractivity contribution in [3.8, 4) is 0 Å². The van der Waals surface area contributed by atoms with Crippen molar-refractivity contribution < 1.29 is 9.59 Å². The normalized spacial score (nSPS) is 20.4. The molecule has 1 aliphatic heterocycles. The van der Waals surface area contributed by atoms with Gasteiger partial charge in [-0.25, -0.2) is 4.79 Å². The van der Waals surface area contributed by atoms with E-state index in [4.69, 9.17) is 0 Å². The van der Waals surface area contributed by atoms with Crippen LogP contribution in [-0.4, -0.2) is 55.6 Å². The summed E-state index contributed by atoms with van der Waals surface area (Å²) in [6.45, 7) is 7.63. The Morgan fingerprint density at radius 2 is 2.22 bits per heavy atom. The molecule has 0 radical (unpaired) electrons. The van der Waals surface area contributed by atoms with E-state index in [1.54, 1.807) is 0 Å². The Bertz CT molecular complexity index is 283. The molecule has 0 spiro atoms. The van der Waals surface area contributed by atoms with Gasteiger partial charge in [-0.1, -0.05) is 13.3 Å². The van der Waals surface area contributed by atoms with E-state index in [1.165, 1.54) is 0 Å². The Kier molecular flexibility index (Phi) is 6.67. The number of nitrogens with one attached hydrogen (secondary N) is 3. The third-order valence-corrected chi connectivity index (χ3v) is 3.05. The van der Waals surface area contributed by atoms with Crippen LogP contribution in [0.2, 0.25) is 0 Å². The quantitative estimate of drug-likeness (QED) is 0.601. The maximum absolute atomic E-state index is 11.7. The van der Waals surface area contributed by atoms with Gasteiger partial charge in [0.1, 0.15) is 0 Å². The molecule has 1 atom stereocenters. The van der Waals surface area contributed by atoms with Crippen LogP contribution in [0.5, 0.6) is 0 Å². The standard InChI is InChI=1S/C12H24N4O2/c1-3-4-5-14-12(18)15-11(17)9-16-7-6-13-8-10(16)2/h10,13H,3-9H2,1-2H3,(H2,14,15,17,18)/t10-/m1/s1. The molecule has 3 N–H and O–H groups in total. The minimum atomic E-state index is -0.392. The molecule has 0 aromatic heterocycles. The fourth-order valence-corrected chi connectivity index (χ4v) is 1.89. The van der Waals surface area contributed by atoms with E-state index < -0.39 is 6.03 Å². The predicted molar refractivity (Wildman–Crippen MR) is 70.4 cm³/mol. The summed E-state index contributed by atoms with van der Waals surface area (Å²) in [5.74, 6) is -0.238. The van der Waals surface area contributed by atoms with Gasteiger partial charge in [-0.3, -0.25) is 15.0 Å². The van der Waals surface area contributed by atoms with E-state index >= 15 is 0 Å². The number of hydrogen-bond acceptors (Lipinski definition) is 4. The SMILES string of the molecule is CCCCNC(=O)NC(=O)CN1CCNC[C@H]1C. The number of nitrogens with zero attached hydrogens (tertiary/aromatic N) is 1. The van der Waals surface area contributed by atoms with Gasteiger partial charge in [0, 0.05) is 32.2 Å². The average molecular weight is 256 g/mol. The number of carbonyl (C=O) groups is 2. The monoisotopic (exact) mass is 256 g/mol. The third kappa shape index (κ3) is 5.46. The highest BCUT2D eigenvalue weighted by Crippen LogP contribution is 2.00. The van der Waals surface area contributed by atoms with Crippen LogP contribution in [0.4, 0.5) is 4.79 Å². The van der Waals surface area contributed by atoms with E-state index in [1.807, 2.05) is 0 Å². The lowest BCUT2D eigenvalue weighted by atomic mass is 10.2. The fraction of sp³-hybridized carbons (Fsp3) is 0.833. The molecule has 6 nitrogen and oxygen atoms in total. The number of rotatable bonds is 5. The van der Waals surface area contributed by atoms with E-state index in [9.17, 15) is 9.59 Å². The van der Waals surface area contributed by atoms with Gasteiger partial charge in [0.05, 0.1) is 6.54 Å². The molecule has 1 rings (SSSR count). The van der Waals surface area contributed by atoms with Crippen molar-refractivity contribution in [1.82, 2.24) is 20.9 Å². The van der Waals surface area contributed by atoms with Crippen LogP contribution >= 0.6 is 0 Å². The number of carbonyl (C=O) groups excluding carboxylic acids is 2. The maximum atomic E-state index is 11.7. The molecule has 0 bridgehead atoms. The van der Waals surface area contributed by atoms with E-state index in [0.29, 0.717) is 12.6 Å². The van der Waals surface area contributed by atoms with Gasteiger partial charge in [-0.15, -0.1) is 0 Å². The van der Waals surface area contributed by atoms with Crippen molar-refractivity contribution in [2.45, 2.75) is 32.7 Å². The molecule has 0 unspecified atom stereocenters. The van der Waals surface area contributed by atoms with Crippen molar-refractivity contribution in [2.24, 2.45) is 0 Å². The highest BCUT2D eigenvalue weighted by Gasteiger charge is 2.20. The highest BCUT2D eigenvalue weighted by molar-refractivity contribution is 5.95. The van der Waals surface area contributed by atoms with E-state index in [0.717, 1.165) is 32.5 Å². The molecular weight excluding hydrogens is 232 g/mol. The number of hydrogen-bond donors (Lipinski definition) is 3. The Morgan fingerprint density at radius 1 is 1.44 bits per heavy atom. The molecule has 1 fully saturated rings. The van der Waals surface area contributed by atoms with Gasteiger partial charge < -0.3 is 10.6 Å². The first-order valence-electron chi connectivity index (χ1n) is 6.66. The summed E-state index contributed by atoms with van der Waals surface area (Å²) in [5, 5.41) is 8.28. The van der Waals surface area contributed by atoms with Crippen molar-refractivity contribution in [1.29, 1.82) is 0 Å². The minimum Gasteiger partial charge on any atom is -0.338 e. The number of urea groups is 1. The Balaban J connectivity index is 2.21. The summed E-state index contributed by atoms with van der Waals surface area (Å²) >= 11 is 0. The van der Waals surface area contributed by atoms with Crippen LogP contribution in [0.25, 0.3) is 0 Å². The largest absolute Gasteiger partial charge is 0.338 e.